The molecule has 4 atom stereocenters. The van der Waals surface area contributed by atoms with Gasteiger partial charge in [0.25, 0.3) is 0 Å². The van der Waals surface area contributed by atoms with E-state index in [0.717, 1.165) is 37.0 Å². The largest absolute Gasteiger partial charge is 0.492 e. The number of nitrogens with zero attached hydrogens (tertiary/aromatic N) is 1. The molecule has 1 aliphatic heterocycles. The molecule has 0 radical (unpaired) electrons. The predicted molar refractivity (Wildman–Crippen MR) is 134 cm³/mol. The summed E-state index contributed by atoms with van der Waals surface area (Å²) in [5, 5.41) is 12.7. The van der Waals surface area contributed by atoms with E-state index in [1.807, 2.05) is 24.3 Å². The molecule has 2 fully saturated rings. The second-order valence-corrected chi connectivity index (χ2v) is 8.72. The highest BCUT2D eigenvalue weighted by atomic mass is 35.5. The Balaban J connectivity index is 0.00000216. The number of ether oxygens (including phenoxy) is 2. The van der Waals surface area contributed by atoms with Gasteiger partial charge in [-0.1, -0.05) is 18.2 Å². The van der Waals surface area contributed by atoms with Gasteiger partial charge in [0.15, 0.2) is 6.10 Å². The molecule has 10 heteroatoms. The minimum absolute atomic E-state index is 0. The third-order valence-electron chi connectivity index (χ3n) is 6.42. The van der Waals surface area contributed by atoms with Crippen molar-refractivity contribution in [2.75, 3.05) is 32.8 Å². The summed E-state index contributed by atoms with van der Waals surface area (Å²) < 4.78 is 38.0. The monoisotopic (exact) mass is 532 g/mol. The van der Waals surface area contributed by atoms with Gasteiger partial charge < -0.3 is 19.9 Å². The van der Waals surface area contributed by atoms with Gasteiger partial charge in [0.05, 0.1) is 0 Å². The highest BCUT2D eigenvalue weighted by molar-refractivity contribution is 5.85. The van der Waals surface area contributed by atoms with Crippen LogP contribution in [0.5, 0.6) is 5.75 Å². The van der Waals surface area contributed by atoms with E-state index >= 15 is 0 Å². The SMILES string of the molecule is CCO[C@@H](Cc1ccc(OCCNC2C3CN(Cc4ccc(F)cc4F)C[C@@H]32)cc1)C(=O)O.Cl.Cl. The molecule has 0 spiro atoms. The van der Waals surface area contributed by atoms with Crippen LogP contribution in [0.25, 0.3) is 0 Å². The van der Waals surface area contributed by atoms with E-state index in [-0.39, 0.29) is 24.8 Å². The van der Waals surface area contributed by atoms with Crippen LogP contribution in [0.1, 0.15) is 18.1 Å². The van der Waals surface area contributed by atoms with Crippen molar-refractivity contribution in [3.8, 4) is 5.75 Å². The number of halogens is 4. The van der Waals surface area contributed by atoms with Gasteiger partial charge in [-0.3, -0.25) is 4.90 Å². The van der Waals surface area contributed by atoms with Crippen molar-refractivity contribution in [1.29, 1.82) is 0 Å². The number of piperidine rings is 1. The summed E-state index contributed by atoms with van der Waals surface area (Å²) in [5.41, 5.74) is 1.43. The molecule has 1 heterocycles. The van der Waals surface area contributed by atoms with Gasteiger partial charge in [0, 0.05) is 56.9 Å². The van der Waals surface area contributed by atoms with Crippen LogP contribution < -0.4 is 10.1 Å². The third kappa shape index (κ3) is 7.75. The maximum Gasteiger partial charge on any atom is 0.333 e. The van der Waals surface area contributed by atoms with Gasteiger partial charge in [-0.25, -0.2) is 13.6 Å². The van der Waals surface area contributed by atoms with Crippen LogP contribution in [-0.4, -0.2) is 61.0 Å². The smallest absolute Gasteiger partial charge is 0.333 e. The van der Waals surface area contributed by atoms with E-state index in [2.05, 4.69) is 10.2 Å². The zero-order valence-corrected chi connectivity index (χ0v) is 21.1. The molecule has 0 amide bonds. The summed E-state index contributed by atoms with van der Waals surface area (Å²) in [4.78, 5) is 13.4. The average Bonchev–Trinajstić information content (AvgIpc) is 3.23. The second-order valence-electron chi connectivity index (χ2n) is 8.72. The molecule has 2 aliphatic rings. The Hall–Kier alpha value is -1.97. The highest BCUT2D eigenvalue weighted by Crippen LogP contribution is 2.45. The van der Waals surface area contributed by atoms with Crippen molar-refractivity contribution in [2.24, 2.45) is 11.8 Å². The standard InChI is InChI=1S/C25H30F2N2O4.2ClH/c1-2-32-23(25(30)31)11-16-3-7-19(8-4-16)33-10-9-28-24-20-14-29(15-21(20)24)13-17-5-6-18(26)12-22(17)27;;/h3-8,12,20-21,23-24,28H,2,9-11,13-15H2,1H3,(H,30,31);2*1H/t20-,21?,23-,24?;;/m0../s1. The first-order chi connectivity index (χ1) is 15.9. The summed E-state index contributed by atoms with van der Waals surface area (Å²) in [6.07, 6.45) is -0.519. The minimum Gasteiger partial charge on any atom is -0.492 e. The number of carbonyl (C=O) groups is 1. The van der Waals surface area contributed by atoms with Crippen molar-refractivity contribution < 1.29 is 28.2 Å². The Morgan fingerprint density at radius 3 is 2.43 bits per heavy atom. The average molecular weight is 533 g/mol. The fourth-order valence-corrected chi connectivity index (χ4v) is 4.69. The fraction of sp³-hybridized carbons (Fsp3) is 0.480. The Kier molecular flexibility index (Phi) is 11.2. The van der Waals surface area contributed by atoms with Crippen LogP contribution in [0, 0.1) is 23.5 Å². The number of fused-ring (bicyclic) bond motifs is 1. The number of aliphatic carboxylic acids is 1. The number of hydrogen-bond acceptors (Lipinski definition) is 5. The first-order valence-corrected chi connectivity index (χ1v) is 11.4. The maximum absolute atomic E-state index is 13.9. The van der Waals surface area contributed by atoms with Crippen molar-refractivity contribution in [3.63, 3.8) is 0 Å². The number of hydrogen-bond donors (Lipinski definition) is 2. The summed E-state index contributed by atoms with van der Waals surface area (Å²) >= 11 is 0. The first-order valence-electron chi connectivity index (χ1n) is 11.4. The number of carboxylic acid groups (broad SMARTS) is 1. The van der Waals surface area contributed by atoms with Crippen LogP contribution in [0.3, 0.4) is 0 Å². The molecule has 2 aromatic rings. The lowest BCUT2D eigenvalue weighted by molar-refractivity contribution is -0.149. The van der Waals surface area contributed by atoms with Crippen LogP contribution in [0.2, 0.25) is 0 Å². The molecule has 2 N–H and O–H groups in total. The molecule has 0 aromatic heterocycles. The predicted octanol–water partition coefficient (Wildman–Crippen LogP) is 3.94. The van der Waals surface area contributed by atoms with Crippen molar-refractivity contribution in [3.05, 3.63) is 65.2 Å². The molecule has 1 saturated heterocycles. The number of benzene rings is 2. The van der Waals surface area contributed by atoms with Gasteiger partial charge in [-0.05, 0) is 42.5 Å². The normalized spacial score (nSPS) is 21.4. The van der Waals surface area contributed by atoms with Crippen molar-refractivity contribution in [1.82, 2.24) is 10.2 Å². The number of rotatable bonds is 12. The van der Waals surface area contributed by atoms with Crippen LogP contribution in [0.4, 0.5) is 8.78 Å². The molecular weight excluding hydrogens is 501 g/mol. The van der Waals surface area contributed by atoms with Gasteiger partial charge in [0.2, 0.25) is 0 Å². The Labute approximate surface area is 216 Å². The van der Waals surface area contributed by atoms with Crippen LogP contribution in [-0.2, 0) is 22.5 Å². The lowest BCUT2D eigenvalue weighted by atomic mass is 10.1. The molecule has 35 heavy (non-hydrogen) atoms. The summed E-state index contributed by atoms with van der Waals surface area (Å²) in [7, 11) is 0. The van der Waals surface area contributed by atoms with E-state index in [4.69, 9.17) is 9.47 Å². The van der Waals surface area contributed by atoms with Gasteiger partial charge in [-0.2, -0.15) is 0 Å². The van der Waals surface area contributed by atoms with Gasteiger partial charge in [0.1, 0.15) is 24.0 Å². The quantitative estimate of drug-likeness (QED) is 0.403. The fourth-order valence-electron chi connectivity index (χ4n) is 4.69. The zero-order chi connectivity index (χ0) is 23.4. The lowest BCUT2D eigenvalue weighted by Crippen LogP contribution is -2.33. The molecule has 2 unspecified atom stereocenters. The zero-order valence-electron chi connectivity index (χ0n) is 19.5. The number of nitrogens with one attached hydrogen (secondary N) is 1. The van der Waals surface area contributed by atoms with Crippen molar-refractivity contribution >= 4 is 30.8 Å². The molecule has 194 valence electrons. The second kappa shape index (κ2) is 13.4. The highest BCUT2D eigenvalue weighted by Gasteiger charge is 2.55. The van der Waals surface area contributed by atoms with E-state index < -0.39 is 23.7 Å². The maximum atomic E-state index is 13.9. The van der Waals surface area contributed by atoms with E-state index in [9.17, 15) is 18.7 Å². The Morgan fingerprint density at radius 1 is 1.14 bits per heavy atom. The topological polar surface area (TPSA) is 71.0 Å². The first kappa shape index (κ1) is 29.3. The minimum atomic E-state index is -0.959. The Morgan fingerprint density at radius 2 is 1.83 bits per heavy atom. The van der Waals surface area contributed by atoms with Crippen molar-refractivity contribution in [2.45, 2.75) is 32.0 Å². The van der Waals surface area contributed by atoms with E-state index in [1.165, 1.54) is 12.1 Å². The van der Waals surface area contributed by atoms with E-state index in [1.54, 1.807) is 6.92 Å². The number of carboxylic acids is 1. The number of likely N-dealkylation sites (tertiary alicyclic amines) is 1. The van der Waals surface area contributed by atoms with Gasteiger partial charge >= 0.3 is 5.97 Å². The third-order valence-corrected chi connectivity index (χ3v) is 6.42. The molecular formula is C25H32Cl2F2N2O4. The molecule has 1 aliphatic carbocycles. The molecule has 4 rings (SSSR count). The van der Waals surface area contributed by atoms with E-state index in [0.29, 0.717) is 49.6 Å². The summed E-state index contributed by atoms with van der Waals surface area (Å²) in [6.45, 7) is 5.76. The molecule has 6 nitrogen and oxygen atoms in total. The lowest BCUT2D eigenvalue weighted by Gasteiger charge is -2.20. The molecule has 2 aromatic carbocycles. The molecule has 1 saturated carbocycles. The van der Waals surface area contributed by atoms with Gasteiger partial charge in [-0.15, -0.1) is 24.8 Å². The summed E-state index contributed by atoms with van der Waals surface area (Å²) in [6, 6.07) is 11.7. The molecule has 0 bridgehead atoms. The Bertz CT molecular complexity index is 955. The summed E-state index contributed by atoms with van der Waals surface area (Å²) in [5.74, 6) is -0.102. The van der Waals surface area contributed by atoms with Crippen LogP contribution >= 0.6 is 24.8 Å². The van der Waals surface area contributed by atoms with Crippen LogP contribution in [0.15, 0.2) is 42.5 Å².